The third-order valence-corrected chi connectivity index (χ3v) is 4.81. The van der Waals surface area contributed by atoms with Gasteiger partial charge in [0.2, 0.25) is 11.8 Å². The number of hydrazine groups is 1. The normalized spacial score (nSPS) is 32.1. The molecule has 1 aliphatic heterocycles. The topological polar surface area (TPSA) is 92.6 Å². The zero-order valence-electron chi connectivity index (χ0n) is 11.5. The van der Waals surface area contributed by atoms with Crippen LogP contribution in [0.25, 0.3) is 0 Å². The number of rotatable bonds is 2. The zero-order valence-corrected chi connectivity index (χ0v) is 11.5. The fourth-order valence-corrected chi connectivity index (χ4v) is 3.82. The standard InChI is InChI=1S/C15H13N3O4/c19-14-12-8-1-2-9(7-8)13(12)15(20)17(16-14)10-3-5-11(6-4-10)18(21)22/h1-6,8-9,12-13H,7H2,(H,16,19)/t8-,9+,12-,13-/m0/s1. The second-order valence-corrected chi connectivity index (χ2v) is 5.92. The minimum absolute atomic E-state index is 0.0553. The molecule has 2 bridgehead atoms. The van der Waals surface area contributed by atoms with Gasteiger partial charge in [-0.25, -0.2) is 5.01 Å². The maximum atomic E-state index is 12.7. The zero-order chi connectivity index (χ0) is 15.4. The molecule has 22 heavy (non-hydrogen) atoms. The number of hydrogen-bond donors (Lipinski definition) is 1. The number of anilines is 1. The van der Waals surface area contributed by atoms with Crippen molar-refractivity contribution in [3.8, 4) is 0 Å². The highest BCUT2D eigenvalue weighted by atomic mass is 16.6. The molecule has 1 N–H and O–H groups in total. The SMILES string of the molecule is O=C1NN(c2ccc([N+](=O)[O-])cc2)C(=O)[C@@H]2[C@@H]1[C@H]1C=C[C@@H]2C1. The molecule has 0 aromatic heterocycles. The van der Waals surface area contributed by atoms with Gasteiger partial charge in [0, 0.05) is 12.1 Å². The van der Waals surface area contributed by atoms with Gasteiger partial charge in [0.1, 0.15) is 0 Å². The van der Waals surface area contributed by atoms with Gasteiger partial charge >= 0.3 is 0 Å². The van der Waals surface area contributed by atoms with Crippen molar-refractivity contribution in [3.05, 3.63) is 46.5 Å². The summed E-state index contributed by atoms with van der Waals surface area (Å²) in [5.74, 6) is -0.627. The highest BCUT2D eigenvalue weighted by molar-refractivity contribution is 6.05. The summed E-state index contributed by atoms with van der Waals surface area (Å²) in [5, 5.41) is 11.9. The van der Waals surface area contributed by atoms with Crippen LogP contribution in [0.4, 0.5) is 11.4 Å². The predicted octanol–water partition coefficient (Wildman–Crippen LogP) is 1.41. The molecule has 1 aromatic rings. The number of carbonyl (C=O) groups is 2. The molecular formula is C15H13N3O4. The summed E-state index contributed by atoms with van der Waals surface area (Å²) in [5.41, 5.74) is 3.01. The molecule has 0 unspecified atom stereocenters. The van der Waals surface area contributed by atoms with Crippen LogP contribution in [0, 0.1) is 33.8 Å². The van der Waals surface area contributed by atoms with Crippen LogP contribution in [0.1, 0.15) is 6.42 Å². The Labute approximate surface area is 125 Å². The highest BCUT2D eigenvalue weighted by Gasteiger charge is 2.55. The molecule has 7 nitrogen and oxygen atoms in total. The van der Waals surface area contributed by atoms with E-state index in [1.165, 1.54) is 29.3 Å². The Balaban J connectivity index is 1.66. The lowest BCUT2D eigenvalue weighted by Gasteiger charge is -2.37. The molecule has 1 saturated carbocycles. The fraction of sp³-hybridized carbons (Fsp3) is 0.333. The molecule has 112 valence electrons. The van der Waals surface area contributed by atoms with Crippen molar-refractivity contribution >= 4 is 23.2 Å². The Morgan fingerprint density at radius 3 is 2.36 bits per heavy atom. The Hall–Kier alpha value is -2.70. The van der Waals surface area contributed by atoms with Crippen LogP contribution in [0.2, 0.25) is 0 Å². The molecule has 0 radical (unpaired) electrons. The monoisotopic (exact) mass is 299 g/mol. The van der Waals surface area contributed by atoms with E-state index in [1.807, 2.05) is 12.2 Å². The van der Waals surface area contributed by atoms with Crippen LogP contribution in [-0.4, -0.2) is 16.7 Å². The summed E-state index contributed by atoms with van der Waals surface area (Å²) in [4.78, 5) is 35.2. The first kappa shape index (κ1) is 13.0. The van der Waals surface area contributed by atoms with Gasteiger partial charge < -0.3 is 0 Å². The van der Waals surface area contributed by atoms with Crippen LogP contribution in [0.15, 0.2) is 36.4 Å². The molecule has 7 heteroatoms. The van der Waals surface area contributed by atoms with Crippen molar-refractivity contribution < 1.29 is 14.5 Å². The number of fused-ring (bicyclic) bond motifs is 5. The molecule has 0 spiro atoms. The molecular weight excluding hydrogens is 286 g/mol. The lowest BCUT2D eigenvalue weighted by Crippen LogP contribution is -2.60. The van der Waals surface area contributed by atoms with E-state index in [-0.39, 0.29) is 41.2 Å². The average molecular weight is 299 g/mol. The van der Waals surface area contributed by atoms with Gasteiger partial charge in [-0.1, -0.05) is 12.2 Å². The van der Waals surface area contributed by atoms with E-state index in [0.717, 1.165) is 6.42 Å². The van der Waals surface area contributed by atoms with Gasteiger partial charge in [-0.15, -0.1) is 0 Å². The molecule has 4 atom stereocenters. The van der Waals surface area contributed by atoms with Crippen molar-refractivity contribution in [2.45, 2.75) is 6.42 Å². The Kier molecular flexibility index (Phi) is 2.60. The van der Waals surface area contributed by atoms with Gasteiger partial charge in [0.15, 0.2) is 0 Å². The van der Waals surface area contributed by atoms with Gasteiger partial charge in [-0.2, -0.15) is 0 Å². The van der Waals surface area contributed by atoms with Crippen molar-refractivity contribution in [1.82, 2.24) is 5.43 Å². The van der Waals surface area contributed by atoms with E-state index < -0.39 is 4.92 Å². The smallest absolute Gasteiger partial charge is 0.269 e. The van der Waals surface area contributed by atoms with Gasteiger partial charge in [-0.3, -0.25) is 25.1 Å². The number of benzene rings is 1. The summed E-state index contributed by atoms with van der Waals surface area (Å²) in [7, 11) is 0. The molecule has 1 aromatic carbocycles. The molecule has 1 heterocycles. The van der Waals surface area contributed by atoms with Crippen LogP contribution in [-0.2, 0) is 9.59 Å². The van der Waals surface area contributed by atoms with Crippen molar-refractivity contribution in [1.29, 1.82) is 0 Å². The molecule has 2 amide bonds. The predicted molar refractivity (Wildman–Crippen MR) is 76.4 cm³/mol. The largest absolute Gasteiger partial charge is 0.273 e. The second-order valence-electron chi connectivity index (χ2n) is 5.92. The van der Waals surface area contributed by atoms with Crippen molar-refractivity contribution in [2.24, 2.45) is 23.7 Å². The number of nitro groups is 1. The Morgan fingerprint density at radius 2 is 1.73 bits per heavy atom. The number of nitrogens with zero attached hydrogens (tertiary/aromatic N) is 2. The Bertz CT molecular complexity index is 712. The van der Waals surface area contributed by atoms with Crippen LogP contribution < -0.4 is 10.4 Å². The maximum absolute atomic E-state index is 12.7. The number of non-ortho nitro benzene ring substituents is 1. The molecule has 2 aliphatic carbocycles. The first-order valence-electron chi connectivity index (χ1n) is 7.13. The summed E-state index contributed by atoms with van der Waals surface area (Å²) >= 11 is 0. The van der Waals surface area contributed by atoms with E-state index in [0.29, 0.717) is 5.69 Å². The lowest BCUT2D eigenvalue weighted by molar-refractivity contribution is -0.384. The van der Waals surface area contributed by atoms with Crippen LogP contribution in [0.5, 0.6) is 0 Å². The molecule has 4 rings (SSSR count). The van der Waals surface area contributed by atoms with Gasteiger partial charge in [0.05, 0.1) is 22.4 Å². The summed E-state index contributed by atoms with van der Waals surface area (Å²) < 4.78 is 0. The third-order valence-electron chi connectivity index (χ3n) is 4.81. The molecule has 3 aliphatic rings. The number of hydrogen-bond acceptors (Lipinski definition) is 4. The van der Waals surface area contributed by atoms with Crippen LogP contribution in [0.3, 0.4) is 0 Å². The van der Waals surface area contributed by atoms with E-state index in [2.05, 4.69) is 5.43 Å². The van der Waals surface area contributed by atoms with Crippen LogP contribution >= 0.6 is 0 Å². The average Bonchev–Trinajstić information content (AvgIpc) is 3.12. The summed E-state index contributed by atoms with van der Waals surface area (Å²) in [6.45, 7) is 0. The maximum Gasteiger partial charge on any atom is 0.269 e. The van der Waals surface area contributed by atoms with E-state index >= 15 is 0 Å². The third kappa shape index (κ3) is 1.68. The van der Waals surface area contributed by atoms with Crippen molar-refractivity contribution in [3.63, 3.8) is 0 Å². The summed E-state index contributed by atoms with van der Waals surface area (Å²) in [6.07, 6.45) is 4.90. The number of amides is 2. The van der Waals surface area contributed by atoms with E-state index in [9.17, 15) is 19.7 Å². The quantitative estimate of drug-likeness (QED) is 0.507. The lowest BCUT2D eigenvalue weighted by atomic mass is 9.80. The second kappa shape index (κ2) is 4.40. The number of allylic oxidation sites excluding steroid dienone is 2. The molecule has 1 saturated heterocycles. The Morgan fingerprint density at radius 1 is 1.09 bits per heavy atom. The summed E-state index contributed by atoms with van der Waals surface area (Å²) in [6, 6.07) is 5.59. The van der Waals surface area contributed by atoms with E-state index in [4.69, 9.17) is 0 Å². The first-order valence-corrected chi connectivity index (χ1v) is 7.13. The highest BCUT2D eigenvalue weighted by Crippen LogP contribution is 2.50. The minimum atomic E-state index is -0.503. The number of nitro benzene ring substituents is 1. The number of carbonyl (C=O) groups excluding carboxylic acids is 2. The first-order chi connectivity index (χ1) is 10.6. The van der Waals surface area contributed by atoms with Gasteiger partial charge in [-0.05, 0) is 30.4 Å². The van der Waals surface area contributed by atoms with E-state index in [1.54, 1.807) is 0 Å². The molecule has 2 fully saturated rings. The fourth-order valence-electron chi connectivity index (χ4n) is 3.82. The van der Waals surface area contributed by atoms with Crippen molar-refractivity contribution in [2.75, 3.05) is 5.01 Å². The minimum Gasteiger partial charge on any atom is -0.273 e. The van der Waals surface area contributed by atoms with Gasteiger partial charge in [0.25, 0.3) is 5.69 Å². The number of nitrogens with one attached hydrogen (secondary N) is 1.